The first-order valence-corrected chi connectivity index (χ1v) is 14.9. The maximum atomic E-state index is 10.6. The number of hydrogen-bond donors (Lipinski definition) is 3. The molecule has 0 aliphatic carbocycles. The molecule has 0 fully saturated rings. The number of carbonyl (C=O) groups is 1. The van der Waals surface area contributed by atoms with Gasteiger partial charge in [-0.2, -0.15) is 4.65 Å². The Morgan fingerprint density at radius 3 is 1.35 bits per heavy atom. The van der Waals surface area contributed by atoms with Crippen LogP contribution in [0.4, 0.5) is 0 Å². The van der Waals surface area contributed by atoms with Crippen molar-refractivity contribution >= 4 is 13.7 Å². The highest BCUT2D eigenvalue weighted by molar-refractivity contribution is 7.43. The number of quaternary nitrogens is 1. The summed E-state index contributed by atoms with van der Waals surface area (Å²) in [7, 11) is -0.736. The number of rotatable bonds is 20. The first-order valence-electron chi connectivity index (χ1n) is 13.4. The van der Waals surface area contributed by atoms with E-state index in [4.69, 9.17) is 29.8 Å². The molecular weight excluding hydrogens is 455 g/mol. The van der Waals surface area contributed by atoms with Crippen LogP contribution in [0, 0.1) is 0 Å². The van der Waals surface area contributed by atoms with Crippen molar-refractivity contribution in [3.05, 3.63) is 0 Å². The van der Waals surface area contributed by atoms with Crippen LogP contribution >= 0.6 is 7.82 Å². The van der Waals surface area contributed by atoms with Crippen LogP contribution in [-0.2, 0) is 14.2 Å². The summed E-state index contributed by atoms with van der Waals surface area (Å²) in [6.45, 7) is 8.35. The van der Waals surface area contributed by atoms with Crippen molar-refractivity contribution in [3.8, 4) is 0 Å². The molecule has 0 bridgehead atoms. The fraction of sp³-hybridized carbons (Fsp3) is 0.960. The molecule has 0 rings (SSSR count). The van der Waals surface area contributed by atoms with Gasteiger partial charge in [0.25, 0.3) is 7.82 Å². The average Bonchev–Trinajstić information content (AvgIpc) is 2.70. The van der Waals surface area contributed by atoms with Crippen LogP contribution < -0.4 is 10.6 Å². The van der Waals surface area contributed by atoms with E-state index in [0.29, 0.717) is 11.1 Å². The maximum absolute atomic E-state index is 10.6. The molecule has 1 amide bonds. The van der Waals surface area contributed by atoms with Crippen molar-refractivity contribution in [1.29, 1.82) is 0 Å². The molecule has 0 aromatic rings. The van der Waals surface area contributed by atoms with Gasteiger partial charge in [0.1, 0.15) is 13.2 Å². The fourth-order valence-corrected chi connectivity index (χ4v) is 3.62. The van der Waals surface area contributed by atoms with Gasteiger partial charge < -0.3 is 20.4 Å². The predicted octanol–water partition coefficient (Wildman–Crippen LogP) is 5.60. The summed E-state index contributed by atoms with van der Waals surface area (Å²) in [5, 5.41) is 0. The van der Waals surface area contributed by atoms with Gasteiger partial charge in [-0.1, -0.05) is 104 Å². The molecular formula is C25H57N2O6P. The van der Waals surface area contributed by atoms with E-state index < -0.39 is 7.82 Å². The number of nitrogens with zero attached hydrogens (tertiary/aromatic N) is 1. The van der Waals surface area contributed by atoms with E-state index >= 15 is 0 Å². The lowest BCUT2D eigenvalue weighted by atomic mass is 10.0. The van der Waals surface area contributed by atoms with Gasteiger partial charge in [-0.05, 0) is 19.8 Å². The van der Waals surface area contributed by atoms with E-state index in [1.807, 2.05) is 6.92 Å². The van der Waals surface area contributed by atoms with Crippen molar-refractivity contribution in [2.24, 2.45) is 5.73 Å². The summed E-state index contributed by atoms with van der Waals surface area (Å²) in [5.41, 5.74) is 5.11. The monoisotopic (exact) mass is 512 g/mol. The molecule has 0 saturated carbocycles. The third-order valence-corrected chi connectivity index (χ3v) is 5.27. The highest BCUT2D eigenvalue weighted by Gasteiger charge is 2.12. The molecule has 0 aliphatic rings. The molecule has 0 radical (unpaired) electrons. The zero-order chi connectivity index (χ0) is 26.7. The quantitative estimate of drug-likeness (QED) is 0.0842. The van der Waals surface area contributed by atoms with E-state index in [0.717, 1.165) is 19.6 Å². The lowest BCUT2D eigenvalue weighted by molar-refractivity contribution is -1.08. The van der Waals surface area contributed by atoms with Crippen molar-refractivity contribution in [3.63, 3.8) is 0 Å². The van der Waals surface area contributed by atoms with Gasteiger partial charge >= 0.3 is 0 Å². The van der Waals surface area contributed by atoms with Crippen LogP contribution in [-0.4, -0.2) is 47.6 Å². The Bertz CT molecular complexity index is 456. The molecule has 208 valence electrons. The molecule has 0 heterocycles. The lowest BCUT2D eigenvalue weighted by Gasteiger charge is -2.25. The Morgan fingerprint density at radius 2 is 1.09 bits per heavy atom. The van der Waals surface area contributed by atoms with Crippen molar-refractivity contribution < 1.29 is 33.5 Å². The number of nitrogens with two attached hydrogens (primary N) is 1. The second-order valence-corrected chi connectivity index (χ2v) is 10.4. The zero-order valence-corrected chi connectivity index (χ0v) is 23.8. The molecule has 0 atom stereocenters. The molecule has 34 heavy (non-hydrogen) atoms. The number of hydrogen-bond acceptors (Lipinski definition) is 4. The topological polar surface area (TPSA) is 133 Å². The Balaban J connectivity index is -0.000000563. The molecule has 8 nitrogen and oxygen atoms in total. The second-order valence-electron chi connectivity index (χ2n) is 9.37. The van der Waals surface area contributed by atoms with Crippen molar-refractivity contribution in [1.82, 2.24) is 0 Å². The summed E-state index contributed by atoms with van der Waals surface area (Å²) in [5.74, 6) is -0.153. The largest absolute Gasteiger partial charge is 0.756 e. The first-order chi connectivity index (χ1) is 15.9. The summed E-state index contributed by atoms with van der Waals surface area (Å²) in [4.78, 5) is 38.9. The molecule has 9 heteroatoms. The van der Waals surface area contributed by atoms with Crippen LogP contribution in [0.15, 0.2) is 0 Å². The molecule has 0 aliphatic heterocycles. The number of hydroxylamine groups is 3. The second kappa shape index (κ2) is 27.1. The van der Waals surface area contributed by atoms with E-state index in [2.05, 4.69) is 27.9 Å². The minimum absolute atomic E-state index is 0.153. The van der Waals surface area contributed by atoms with E-state index in [1.165, 1.54) is 96.3 Å². The minimum Gasteiger partial charge on any atom is -0.756 e. The van der Waals surface area contributed by atoms with Gasteiger partial charge in [-0.15, -0.1) is 0 Å². The van der Waals surface area contributed by atoms with Crippen LogP contribution in [0.3, 0.4) is 0 Å². The van der Waals surface area contributed by atoms with Gasteiger partial charge in [-0.25, -0.2) is 4.84 Å². The Labute approximate surface area is 210 Å². The Morgan fingerprint density at radius 1 is 0.765 bits per heavy atom. The Hall–Kier alpha value is -0.500. The fourth-order valence-electron chi connectivity index (χ4n) is 3.62. The number of amides is 1. The molecule has 0 aromatic carbocycles. The summed E-state index contributed by atoms with van der Waals surface area (Å²) in [6.07, 6.45) is 22.1. The number of primary amides is 1. The SMILES string of the molecule is CCCCCCCCCCCCCCCCCC(N)=O.CCC[N+](C)(C)OCC.O=P([O-])(O)O. The molecule has 0 unspecified atom stereocenters. The van der Waals surface area contributed by atoms with Gasteiger partial charge in [0.15, 0.2) is 0 Å². The van der Waals surface area contributed by atoms with Gasteiger partial charge in [0.05, 0.1) is 14.1 Å². The third-order valence-electron chi connectivity index (χ3n) is 5.27. The maximum Gasteiger partial charge on any atom is 0.262 e. The highest BCUT2D eigenvalue weighted by atomic mass is 31.2. The zero-order valence-electron chi connectivity index (χ0n) is 22.9. The van der Waals surface area contributed by atoms with Crippen LogP contribution in [0.25, 0.3) is 0 Å². The normalized spacial score (nSPS) is 11.3. The van der Waals surface area contributed by atoms with E-state index in [9.17, 15) is 4.79 Å². The first kappa shape index (κ1) is 38.0. The van der Waals surface area contributed by atoms with Gasteiger partial charge in [-0.3, -0.25) is 9.36 Å². The Kier molecular flexibility index (Phi) is 30.3. The molecule has 0 saturated heterocycles. The predicted molar refractivity (Wildman–Crippen MR) is 140 cm³/mol. The highest BCUT2D eigenvalue weighted by Crippen LogP contribution is 2.19. The molecule has 4 N–H and O–H groups in total. The van der Waals surface area contributed by atoms with Crippen molar-refractivity contribution in [2.45, 2.75) is 130 Å². The summed E-state index contributed by atoms with van der Waals surface area (Å²) >= 11 is 0. The third kappa shape index (κ3) is 48.8. The minimum atomic E-state index is -4.89. The standard InChI is InChI=1S/C18H37NO.C7H18NO.H3O4P/c1-2-3-4-5-6-7-8-9-10-11-12-13-14-15-16-17-18(19)20;1-5-7-8(3,4)9-6-2;1-5(2,3)4/h2-17H2,1H3,(H2,19,20);5-7H2,1-4H3;(H3,1,2,3,4)/q;+1;/p-1. The molecule has 0 aromatic heterocycles. The number of carbonyl (C=O) groups excluding carboxylic acids is 1. The van der Waals surface area contributed by atoms with E-state index in [1.54, 1.807) is 0 Å². The van der Waals surface area contributed by atoms with Crippen LogP contribution in [0.1, 0.15) is 130 Å². The van der Waals surface area contributed by atoms with Crippen LogP contribution in [0.2, 0.25) is 0 Å². The number of phosphoric acid groups is 1. The van der Waals surface area contributed by atoms with Crippen LogP contribution in [0.5, 0.6) is 0 Å². The summed E-state index contributed by atoms with van der Waals surface area (Å²) in [6, 6.07) is 0. The van der Waals surface area contributed by atoms with Crippen molar-refractivity contribution in [2.75, 3.05) is 27.2 Å². The smallest absolute Gasteiger partial charge is 0.262 e. The number of unbranched alkanes of at least 4 members (excludes halogenated alkanes) is 14. The van der Waals surface area contributed by atoms with Gasteiger partial charge in [0, 0.05) is 6.42 Å². The molecule has 0 spiro atoms. The van der Waals surface area contributed by atoms with Gasteiger partial charge in [0.2, 0.25) is 5.91 Å². The average molecular weight is 513 g/mol. The lowest BCUT2D eigenvalue weighted by Crippen LogP contribution is -2.39. The summed E-state index contributed by atoms with van der Waals surface area (Å²) < 4.78 is 9.46. The van der Waals surface area contributed by atoms with E-state index in [-0.39, 0.29) is 5.91 Å².